The fraction of sp³-hybridized carbons (Fsp3) is 0.474. The van der Waals surface area contributed by atoms with Gasteiger partial charge in [0.15, 0.2) is 11.5 Å². The molecule has 1 aliphatic rings. The second-order valence-corrected chi connectivity index (χ2v) is 7.21. The van der Waals surface area contributed by atoms with Crippen molar-refractivity contribution in [3.63, 3.8) is 0 Å². The summed E-state index contributed by atoms with van der Waals surface area (Å²) in [6.07, 6.45) is 0.284. The van der Waals surface area contributed by atoms with Crippen molar-refractivity contribution in [1.29, 1.82) is 0 Å². The first-order chi connectivity index (χ1) is 13.2. The summed E-state index contributed by atoms with van der Waals surface area (Å²) in [6, 6.07) is 5.49. The van der Waals surface area contributed by atoms with Crippen LogP contribution in [0.1, 0.15) is 16.3 Å². The molecule has 1 saturated heterocycles. The van der Waals surface area contributed by atoms with Crippen molar-refractivity contribution < 1.29 is 19.0 Å². The SMILES string of the molecule is COc1ccc(CC(=O)NCc2nc(CN3CCOCC3)cs2)cc1OC. The number of rotatable bonds is 8. The molecule has 2 aromatic rings. The van der Waals surface area contributed by atoms with Gasteiger partial charge in [-0.1, -0.05) is 6.07 Å². The normalized spacial score (nSPS) is 14.7. The summed E-state index contributed by atoms with van der Waals surface area (Å²) >= 11 is 1.58. The average molecular weight is 391 g/mol. The van der Waals surface area contributed by atoms with Crippen molar-refractivity contribution >= 4 is 17.2 Å². The molecule has 7 nitrogen and oxygen atoms in total. The number of benzene rings is 1. The van der Waals surface area contributed by atoms with E-state index in [1.807, 2.05) is 12.1 Å². The molecule has 1 aromatic heterocycles. The molecule has 3 rings (SSSR count). The second kappa shape index (κ2) is 9.68. The fourth-order valence-corrected chi connectivity index (χ4v) is 3.63. The zero-order valence-corrected chi connectivity index (χ0v) is 16.5. The first-order valence-electron chi connectivity index (χ1n) is 8.89. The van der Waals surface area contributed by atoms with Gasteiger partial charge in [-0.3, -0.25) is 9.69 Å². The largest absolute Gasteiger partial charge is 0.493 e. The molecule has 2 heterocycles. The third-order valence-electron chi connectivity index (χ3n) is 4.34. The van der Waals surface area contributed by atoms with Crippen LogP contribution in [0.5, 0.6) is 11.5 Å². The molecule has 1 aromatic carbocycles. The van der Waals surface area contributed by atoms with Crippen LogP contribution in [-0.4, -0.2) is 56.3 Å². The number of hydrogen-bond donors (Lipinski definition) is 1. The van der Waals surface area contributed by atoms with Crippen molar-refractivity contribution in [2.45, 2.75) is 19.5 Å². The summed E-state index contributed by atoms with van der Waals surface area (Å²) < 4.78 is 15.9. The molecule has 0 saturated carbocycles. The van der Waals surface area contributed by atoms with Crippen LogP contribution in [0.15, 0.2) is 23.6 Å². The Morgan fingerprint density at radius 2 is 2.04 bits per heavy atom. The number of nitrogens with zero attached hydrogens (tertiary/aromatic N) is 2. The quantitative estimate of drug-likeness (QED) is 0.740. The first kappa shape index (κ1) is 19.6. The molecule has 0 atom stereocenters. The molecule has 1 fully saturated rings. The first-order valence-corrected chi connectivity index (χ1v) is 9.77. The van der Waals surface area contributed by atoms with Gasteiger partial charge < -0.3 is 19.5 Å². The number of carbonyl (C=O) groups excluding carboxylic acids is 1. The molecule has 1 N–H and O–H groups in total. The third-order valence-corrected chi connectivity index (χ3v) is 5.24. The molecule has 1 amide bonds. The third kappa shape index (κ3) is 5.66. The number of methoxy groups -OCH3 is 2. The van der Waals surface area contributed by atoms with Gasteiger partial charge in [-0.05, 0) is 17.7 Å². The average Bonchev–Trinajstić information content (AvgIpc) is 3.14. The van der Waals surface area contributed by atoms with Crippen LogP contribution in [0.2, 0.25) is 0 Å². The van der Waals surface area contributed by atoms with E-state index in [1.54, 1.807) is 31.6 Å². The van der Waals surface area contributed by atoms with Gasteiger partial charge in [0, 0.05) is 25.0 Å². The van der Waals surface area contributed by atoms with Gasteiger partial charge in [-0.2, -0.15) is 0 Å². The molecule has 0 unspecified atom stereocenters. The zero-order valence-electron chi connectivity index (χ0n) is 15.7. The number of carbonyl (C=O) groups is 1. The Balaban J connectivity index is 1.48. The van der Waals surface area contributed by atoms with E-state index in [4.69, 9.17) is 14.2 Å². The monoisotopic (exact) mass is 391 g/mol. The van der Waals surface area contributed by atoms with Crippen LogP contribution >= 0.6 is 11.3 Å². The van der Waals surface area contributed by atoms with Crippen molar-refractivity contribution in [3.05, 3.63) is 39.8 Å². The lowest BCUT2D eigenvalue weighted by Crippen LogP contribution is -2.35. The highest BCUT2D eigenvalue weighted by Crippen LogP contribution is 2.27. The Morgan fingerprint density at radius 1 is 1.26 bits per heavy atom. The minimum atomic E-state index is -0.0489. The number of nitrogens with one attached hydrogen (secondary N) is 1. The van der Waals surface area contributed by atoms with E-state index in [2.05, 4.69) is 20.6 Å². The topological polar surface area (TPSA) is 72.9 Å². The minimum Gasteiger partial charge on any atom is -0.493 e. The highest BCUT2D eigenvalue weighted by Gasteiger charge is 2.13. The molecule has 0 spiro atoms. The summed E-state index contributed by atoms with van der Waals surface area (Å²) in [4.78, 5) is 19.2. The van der Waals surface area contributed by atoms with E-state index in [9.17, 15) is 4.79 Å². The fourth-order valence-electron chi connectivity index (χ4n) is 2.90. The molecule has 0 bridgehead atoms. The van der Waals surface area contributed by atoms with Crippen LogP contribution in [-0.2, 0) is 29.0 Å². The number of amides is 1. The van der Waals surface area contributed by atoms with Gasteiger partial charge in [0.2, 0.25) is 5.91 Å². The number of hydrogen-bond acceptors (Lipinski definition) is 7. The Kier molecular flexibility index (Phi) is 7.03. The number of aromatic nitrogens is 1. The van der Waals surface area contributed by atoms with Crippen LogP contribution in [0.25, 0.3) is 0 Å². The van der Waals surface area contributed by atoms with E-state index >= 15 is 0 Å². The Hall–Kier alpha value is -2.16. The lowest BCUT2D eigenvalue weighted by Gasteiger charge is -2.25. The van der Waals surface area contributed by atoms with Gasteiger partial charge in [0.05, 0.1) is 46.1 Å². The van der Waals surface area contributed by atoms with Gasteiger partial charge in [-0.25, -0.2) is 4.98 Å². The maximum atomic E-state index is 12.2. The molecule has 0 radical (unpaired) electrons. The Morgan fingerprint density at radius 3 is 2.78 bits per heavy atom. The summed E-state index contributed by atoms with van der Waals surface area (Å²) in [7, 11) is 3.17. The Labute approximate surface area is 163 Å². The highest BCUT2D eigenvalue weighted by molar-refractivity contribution is 7.09. The zero-order chi connectivity index (χ0) is 19.1. The van der Waals surface area contributed by atoms with E-state index in [0.717, 1.165) is 49.1 Å². The summed E-state index contributed by atoms with van der Waals surface area (Å²) in [6.45, 7) is 4.72. The van der Waals surface area contributed by atoms with Crippen LogP contribution < -0.4 is 14.8 Å². The van der Waals surface area contributed by atoms with Crippen LogP contribution in [0.3, 0.4) is 0 Å². The maximum Gasteiger partial charge on any atom is 0.224 e. The molecule has 27 heavy (non-hydrogen) atoms. The molecule has 0 aliphatic carbocycles. The molecular formula is C19H25N3O4S. The van der Waals surface area contributed by atoms with Crippen LogP contribution in [0.4, 0.5) is 0 Å². The maximum absolute atomic E-state index is 12.2. The van der Waals surface area contributed by atoms with Crippen molar-refractivity contribution in [1.82, 2.24) is 15.2 Å². The smallest absolute Gasteiger partial charge is 0.224 e. The lowest BCUT2D eigenvalue weighted by molar-refractivity contribution is -0.120. The molecule has 8 heteroatoms. The van der Waals surface area contributed by atoms with Crippen molar-refractivity contribution in [3.8, 4) is 11.5 Å². The van der Waals surface area contributed by atoms with Gasteiger partial charge >= 0.3 is 0 Å². The molecular weight excluding hydrogens is 366 g/mol. The molecule has 146 valence electrons. The van der Waals surface area contributed by atoms with E-state index in [1.165, 1.54) is 0 Å². The predicted molar refractivity (Wildman–Crippen MR) is 103 cm³/mol. The van der Waals surface area contributed by atoms with Gasteiger partial charge in [-0.15, -0.1) is 11.3 Å². The number of morpholine rings is 1. The van der Waals surface area contributed by atoms with E-state index in [0.29, 0.717) is 18.0 Å². The predicted octanol–water partition coefficient (Wildman–Crippen LogP) is 1.85. The van der Waals surface area contributed by atoms with E-state index in [-0.39, 0.29) is 12.3 Å². The second-order valence-electron chi connectivity index (χ2n) is 6.26. The van der Waals surface area contributed by atoms with Crippen molar-refractivity contribution in [2.24, 2.45) is 0 Å². The van der Waals surface area contributed by atoms with Crippen molar-refractivity contribution in [2.75, 3.05) is 40.5 Å². The van der Waals surface area contributed by atoms with Gasteiger partial charge in [0.25, 0.3) is 0 Å². The number of thiazole rings is 1. The lowest BCUT2D eigenvalue weighted by atomic mass is 10.1. The minimum absolute atomic E-state index is 0.0489. The van der Waals surface area contributed by atoms with E-state index < -0.39 is 0 Å². The summed E-state index contributed by atoms with van der Waals surface area (Å²) in [5, 5.41) is 5.91. The van der Waals surface area contributed by atoms with Crippen LogP contribution in [0, 0.1) is 0 Å². The highest BCUT2D eigenvalue weighted by atomic mass is 32.1. The number of ether oxygens (including phenoxy) is 3. The summed E-state index contributed by atoms with van der Waals surface area (Å²) in [5.74, 6) is 1.22. The summed E-state index contributed by atoms with van der Waals surface area (Å²) in [5.41, 5.74) is 1.92. The Bertz CT molecular complexity index is 759. The molecule has 1 aliphatic heterocycles. The van der Waals surface area contributed by atoms with Gasteiger partial charge in [0.1, 0.15) is 5.01 Å². The standard InChI is InChI=1S/C19H25N3O4S/c1-24-16-4-3-14(9-17(16)25-2)10-18(23)20-11-19-21-15(13-27-19)12-22-5-7-26-8-6-22/h3-4,9,13H,5-8,10-12H2,1-2H3,(H,20,23).